The summed E-state index contributed by atoms with van der Waals surface area (Å²) in [5.41, 5.74) is 0.0342. The van der Waals surface area contributed by atoms with Gasteiger partial charge in [0.25, 0.3) is 0 Å². The summed E-state index contributed by atoms with van der Waals surface area (Å²) in [6, 6.07) is 0. The van der Waals surface area contributed by atoms with E-state index in [1.807, 2.05) is 0 Å². The summed E-state index contributed by atoms with van der Waals surface area (Å²) in [5.74, 6) is -2.76. The fourth-order valence-electron chi connectivity index (χ4n) is 7.88. The van der Waals surface area contributed by atoms with Crippen LogP contribution < -0.4 is 5.73 Å². The monoisotopic (exact) mass is 491 g/mol. The van der Waals surface area contributed by atoms with Gasteiger partial charge in [-0.2, -0.15) is 0 Å². The topological polar surface area (TPSA) is 127 Å². The predicted molar refractivity (Wildman–Crippen MR) is 127 cm³/mol. The first-order chi connectivity index (χ1) is 16.4. The number of ketones is 2. The zero-order valence-electron chi connectivity index (χ0n) is 20.9. The van der Waals surface area contributed by atoms with Crippen molar-refractivity contribution in [3.05, 3.63) is 23.8 Å². The molecule has 0 bridgehead atoms. The third-order valence-electron chi connectivity index (χ3n) is 9.85. The molecule has 0 aromatic carbocycles. The standard InChI is InChI=1S/C27H38FNO6/c1-16-12-20-19-8-7-17-13-18(30)9-10-24(17,2)26(19,28)21(31)14-25(20,3)27(16,34)22(32)15-35-23(33)6-4-5-11-29/h9-10,13,16,19-21,31,34H,4-8,11-12,14-15,29H2,1-3H3/t16-,19+,20+,21+,24+,25+,26+,27+/m1/s1. The van der Waals surface area contributed by atoms with E-state index in [0.717, 1.165) is 0 Å². The summed E-state index contributed by atoms with van der Waals surface area (Å²) >= 11 is 0. The number of allylic oxidation sites excluding steroid dienone is 4. The Bertz CT molecular complexity index is 979. The highest BCUT2D eigenvalue weighted by Gasteiger charge is 2.75. The normalized spacial score (nSPS) is 44.2. The van der Waals surface area contributed by atoms with Gasteiger partial charge in [-0.3, -0.25) is 14.4 Å². The lowest BCUT2D eigenvalue weighted by Crippen LogP contribution is -2.69. The van der Waals surface area contributed by atoms with Gasteiger partial charge >= 0.3 is 5.97 Å². The minimum atomic E-state index is -2.03. The Kier molecular flexibility index (Phi) is 6.65. The summed E-state index contributed by atoms with van der Waals surface area (Å²) in [6.07, 6.45) is 5.63. The van der Waals surface area contributed by atoms with Crippen molar-refractivity contribution in [2.45, 2.75) is 83.1 Å². The van der Waals surface area contributed by atoms with Crippen LogP contribution in [0.1, 0.15) is 65.7 Å². The molecule has 7 nitrogen and oxygen atoms in total. The molecule has 3 saturated carbocycles. The van der Waals surface area contributed by atoms with E-state index in [9.17, 15) is 24.6 Å². The lowest BCUT2D eigenvalue weighted by Gasteiger charge is -2.62. The second-order valence-electron chi connectivity index (χ2n) is 11.5. The van der Waals surface area contributed by atoms with Gasteiger partial charge in [0.1, 0.15) is 5.60 Å². The number of carbonyl (C=O) groups is 3. The molecule has 0 spiro atoms. The third kappa shape index (κ3) is 3.58. The first kappa shape index (κ1) is 26.2. The van der Waals surface area contributed by atoms with Crippen LogP contribution in [0.25, 0.3) is 0 Å². The van der Waals surface area contributed by atoms with Crippen LogP contribution in [0.2, 0.25) is 0 Å². The van der Waals surface area contributed by atoms with Crippen LogP contribution in [0.5, 0.6) is 0 Å². The second-order valence-corrected chi connectivity index (χ2v) is 11.5. The smallest absolute Gasteiger partial charge is 0.306 e. The molecular formula is C27H38FNO6. The maximum atomic E-state index is 17.1. The van der Waals surface area contributed by atoms with E-state index in [4.69, 9.17) is 10.5 Å². The van der Waals surface area contributed by atoms with Crippen LogP contribution in [0.15, 0.2) is 23.8 Å². The number of Topliss-reactive ketones (excluding diaryl/α,β-unsaturated/α-hetero) is 1. The van der Waals surface area contributed by atoms with Gasteiger partial charge in [0, 0.05) is 23.2 Å². The third-order valence-corrected chi connectivity index (χ3v) is 9.85. The average Bonchev–Trinajstić information content (AvgIpc) is 3.00. The Balaban J connectivity index is 1.61. The molecule has 0 aliphatic heterocycles. The maximum Gasteiger partial charge on any atom is 0.306 e. The van der Waals surface area contributed by atoms with E-state index >= 15 is 4.39 Å². The van der Waals surface area contributed by atoms with Gasteiger partial charge in [0.2, 0.25) is 5.78 Å². The number of rotatable bonds is 7. The molecular weight excluding hydrogens is 453 g/mol. The molecule has 0 amide bonds. The number of hydrogen-bond acceptors (Lipinski definition) is 7. The largest absolute Gasteiger partial charge is 0.458 e. The summed E-state index contributed by atoms with van der Waals surface area (Å²) < 4.78 is 22.3. The van der Waals surface area contributed by atoms with E-state index in [1.165, 1.54) is 12.2 Å². The van der Waals surface area contributed by atoms with Crippen LogP contribution in [0.4, 0.5) is 4.39 Å². The number of fused-ring (bicyclic) bond motifs is 5. The first-order valence-corrected chi connectivity index (χ1v) is 12.8. The van der Waals surface area contributed by atoms with Gasteiger partial charge in [-0.1, -0.05) is 25.5 Å². The van der Waals surface area contributed by atoms with Crippen LogP contribution in [-0.2, 0) is 19.1 Å². The number of halogens is 1. The van der Waals surface area contributed by atoms with Crippen molar-refractivity contribution in [2.24, 2.45) is 34.3 Å². The van der Waals surface area contributed by atoms with Crippen molar-refractivity contribution < 1.29 is 33.7 Å². The molecule has 0 radical (unpaired) electrons. The van der Waals surface area contributed by atoms with Crippen LogP contribution in [0, 0.1) is 28.6 Å². The van der Waals surface area contributed by atoms with Crippen molar-refractivity contribution in [1.29, 1.82) is 0 Å². The molecule has 35 heavy (non-hydrogen) atoms. The minimum Gasteiger partial charge on any atom is -0.458 e. The van der Waals surface area contributed by atoms with E-state index < -0.39 is 58.4 Å². The number of carbonyl (C=O) groups excluding carboxylic acids is 3. The van der Waals surface area contributed by atoms with Crippen LogP contribution in [0.3, 0.4) is 0 Å². The first-order valence-electron chi connectivity index (χ1n) is 12.8. The predicted octanol–water partition coefficient (Wildman–Crippen LogP) is 2.58. The highest BCUT2D eigenvalue weighted by molar-refractivity contribution is 6.01. The highest BCUT2D eigenvalue weighted by Crippen LogP contribution is 2.70. The molecule has 4 aliphatic carbocycles. The van der Waals surface area contributed by atoms with Crippen molar-refractivity contribution in [3.8, 4) is 0 Å². The molecule has 8 heteroatoms. The van der Waals surface area contributed by atoms with Gasteiger partial charge in [0.05, 0.1) is 6.10 Å². The Morgan fingerprint density at radius 2 is 1.97 bits per heavy atom. The van der Waals surface area contributed by atoms with E-state index in [2.05, 4.69) is 0 Å². The van der Waals surface area contributed by atoms with Gasteiger partial charge in [0.15, 0.2) is 18.1 Å². The molecule has 0 aromatic heterocycles. The van der Waals surface area contributed by atoms with Gasteiger partial charge < -0.3 is 20.7 Å². The number of aliphatic hydroxyl groups is 2. The summed E-state index contributed by atoms with van der Waals surface area (Å²) in [5, 5.41) is 23.2. The lowest BCUT2D eigenvalue weighted by atomic mass is 9.44. The Morgan fingerprint density at radius 1 is 1.26 bits per heavy atom. The lowest BCUT2D eigenvalue weighted by molar-refractivity contribution is -0.220. The van der Waals surface area contributed by atoms with Crippen molar-refractivity contribution in [2.75, 3.05) is 13.2 Å². The van der Waals surface area contributed by atoms with E-state index in [-0.39, 0.29) is 24.5 Å². The van der Waals surface area contributed by atoms with Gasteiger partial charge in [-0.25, -0.2) is 4.39 Å². The molecule has 0 unspecified atom stereocenters. The quantitative estimate of drug-likeness (QED) is 0.369. The zero-order valence-corrected chi connectivity index (χ0v) is 20.9. The van der Waals surface area contributed by atoms with Crippen molar-refractivity contribution in [3.63, 3.8) is 0 Å². The zero-order chi connectivity index (χ0) is 25.8. The number of nitrogens with two attached hydrogens (primary N) is 1. The van der Waals surface area contributed by atoms with Crippen LogP contribution in [-0.4, -0.2) is 58.3 Å². The van der Waals surface area contributed by atoms with E-state index in [1.54, 1.807) is 26.8 Å². The maximum absolute atomic E-state index is 17.1. The van der Waals surface area contributed by atoms with E-state index in [0.29, 0.717) is 44.2 Å². The average molecular weight is 492 g/mol. The SMILES string of the molecule is C[C@@H]1C[C@H]2[C@@H]3CCC4=CC(=O)C=C[C@]4(C)[C@@]3(F)[C@@H](O)C[C@]2(C)[C@@]1(O)C(=O)COC(=O)CCCCN. The molecule has 0 aromatic rings. The molecule has 0 saturated heterocycles. The van der Waals surface area contributed by atoms with Crippen molar-refractivity contribution in [1.82, 2.24) is 0 Å². The number of hydrogen-bond donors (Lipinski definition) is 3. The molecule has 4 rings (SSSR count). The molecule has 0 heterocycles. The van der Waals surface area contributed by atoms with Gasteiger partial charge in [-0.05, 0) is 76.0 Å². The number of unbranched alkanes of at least 4 members (excludes halogenated alkanes) is 1. The summed E-state index contributed by atoms with van der Waals surface area (Å²) in [7, 11) is 0. The Hall–Kier alpha value is -1.90. The van der Waals surface area contributed by atoms with Crippen LogP contribution >= 0.6 is 0 Å². The molecule has 4 N–H and O–H groups in total. The number of esters is 1. The second kappa shape index (κ2) is 8.89. The fraction of sp³-hybridized carbons (Fsp3) is 0.741. The molecule has 4 aliphatic rings. The Morgan fingerprint density at radius 3 is 2.66 bits per heavy atom. The van der Waals surface area contributed by atoms with Gasteiger partial charge in [-0.15, -0.1) is 0 Å². The highest BCUT2D eigenvalue weighted by atomic mass is 19.1. The Labute approximate surface area is 206 Å². The fourth-order valence-corrected chi connectivity index (χ4v) is 7.88. The summed E-state index contributed by atoms with van der Waals surface area (Å²) in [4.78, 5) is 37.4. The number of aliphatic hydroxyl groups excluding tert-OH is 1. The molecule has 3 fully saturated rings. The number of alkyl halides is 1. The summed E-state index contributed by atoms with van der Waals surface area (Å²) in [6.45, 7) is 5.18. The minimum absolute atomic E-state index is 0.105. The van der Waals surface area contributed by atoms with Crippen molar-refractivity contribution >= 4 is 17.5 Å². The molecule has 8 atom stereocenters. The number of ether oxygens (including phenoxy) is 1. The molecule has 194 valence electrons.